The lowest BCUT2D eigenvalue weighted by Crippen LogP contribution is -2.44. The Morgan fingerprint density at radius 2 is 1.36 bits per heavy atom. The maximum absolute atomic E-state index is 6.20. The van der Waals surface area contributed by atoms with E-state index in [1.54, 1.807) is 14.2 Å². The zero-order valence-electron chi connectivity index (χ0n) is 23.1. The van der Waals surface area contributed by atoms with E-state index in [2.05, 4.69) is 51.5 Å². The second-order valence-corrected chi connectivity index (χ2v) is 15.4. The summed E-state index contributed by atoms with van der Waals surface area (Å²) in [7, 11) is 4.21. The molecule has 33 heavy (non-hydrogen) atoms. The van der Waals surface area contributed by atoms with Crippen LogP contribution in [0.2, 0.25) is 10.7 Å². The van der Waals surface area contributed by atoms with Gasteiger partial charge in [-0.25, -0.2) is 0 Å². The molecule has 0 aliphatic rings. The Morgan fingerprint density at radius 1 is 0.788 bits per heavy atom. The topological polar surface area (TPSA) is 43.4 Å². The number of nitrogens with zero attached hydrogens (tertiary/aromatic N) is 2. The monoisotopic (exact) mass is 518 g/mol. The first-order valence-corrected chi connectivity index (χ1v) is 17.2. The zero-order valence-corrected chi connectivity index (χ0v) is 26.1. The molecule has 4 radical (unpaired) electrons. The minimum atomic E-state index is -1.29. The van der Waals surface area contributed by atoms with Crippen molar-refractivity contribution in [3.8, 4) is 0 Å². The normalized spacial score (nSPS) is 14.2. The molecule has 0 saturated heterocycles. The highest BCUT2D eigenvalue weighted by Gasteiger charge is 2.40. The van der Waals surface area contributed by atoms with Gasteiger partial charge in [-0.05, 0) is 78.5 Å². The molecule has 0 aliphatic heterocycles. The highest BCUT2D eigenvalue weighted by molar-refractivity contribution is 6.66. The van der Waals surface area contributed by atoms with E-state index in [4.69, 9.17) is 17.7 Å². The van der Waals surface area contributed by atoms with Crippen LogP contribution in [0.25, 0.3) is 0 Å². The molecule has 0 saturated carbocycles. The summed E-state index contributed by atoms with van der Waals surface area (Å²) in [5, 5.41) is 0. The highest BCUT2D eigenvalue weighted by Crippen LogP contribution is 2.36. The molecule has 9 heteroatoms. The van der Waals surface area contributed by atoms with Crippen LogP contribution in [0.3, 0.4) is 0 Å². The number of hydrogen-bond acceptors (Lipinski definition) is 6. The van der Waals surface area contributed by atoms with Crippen molar-refractivity contribution in [1.82, 2.24) is 9.80 Å². The van der Waals surface area contributed by atoms with Gasteiger partial charge in [0.25, 0.3) is 0 Å². The highest BCUT2D eigenvalue weighted by atomic mass is 28.3. The maximum atomic E-state index is 6.20. The molecule has 0 aromatic heterocycles. The van der Waals surface area contributed by atoms with Crippen molar-refractivity contribution in [3.05, 3.63) is 0 Å². The van der Waals surface area contributed by atoms with Crippen LogP contribution >= 0.6 is 0 Å². The van der Waals surface area contributed by atoms with E-state index < -0.39 is 18.6 Å². The van der Waals surface area contributed by atoms with E-state index >= 15 is 0 Å². The average molecular weight is 519 g/mol. The predicted octanol–water partition coefficient (Wildman–Crippen LogP) is 4.71. The van der Waals surface area contributed by atoms with Crippen LogP contribution < -0.4 is 0 Å². The van der Waals surface area contributed by atoms with Crippen molar-refractivity contribution in [2.24, 2.45) is 0 Å². The molecule has 0 aromatic carbocycles. The second kappa shape index (κ2) is 21.7. The first kappa shape index (κ1) is 33.4. The van der Waals surface area contributed by atoms with Gasteiger partial charge in [-0.1, -0.05) is 46.5 Å². The molecule has 0 fully saturated rings. The van der Waals surface area contributed by atoms with Crippen molar-refractivity contribution < 1.29 is 17.7 Å². The fourth-order valence-electron chi connectivity index (χ4n) is 3.94. The van der Waals surface area contributed by atoms with Gasteiger partial charge in [-0.2, -0.15) is 0 Å². The fraction of sp³-hybridized carbons (Fsp3) is 1.00. The van der Waals surface area contributed by atoms with Crippen molar-refractivity contribution in [3.63, 3.8) is 0 Å². The SMILES string of the molecule is CCO[Si](OCC)C(C)(CCCCCCCN(CC)CC)[Si]CN(C)CCC[Si](OC)OC. The van der Waals surface area contributed by atoms with E-state index in [1.807, 2.05) is 0 Å². The van der Waals surface area contributed by atoms with Gasteiger partial charge in [-0.15, -0.1) is 0 Å². The molecular weight excluding hydrogens is 465 g/mol. The standard InChI is InChI=1S/C24H54N2O4Si3/c1-9-26(10-2)21-17-15-13-14-16-19-24(5,33(29-11-3)30-12-4)31-23-25(6)20-18-22-32(27-7)28-8/h9-23H2,1-8H3. The van der Waals surface area contributed by atoms with Gasteiger partial charge < -0.3 is 27.5 Å². The summed E-state index contributed by atoms with van der Waals surface area (Å²) in [4.78, 5) is 4.99. The Balaban J connectivity index is 4.58. The first-order chi connectivity index (χ1) is 15.9. The van der Waals surface area contributed by atoms with Crippen LogP contribution in [0.5, 0.6) is 0 Å². The van der Waals surface area contributed by atoms with Crippen molar-refractivity contribution >= 4 is 28.1 Å². The summed E-state index contributed by atoms with van der Waals surface area (Å²) in [5.74, 6) is 0. The van der Waals surface area contributed by atoms with Crippen LogP contribution in [0.15, 0.2) is 0 Å². The zero-order chi connectivity index (χ0) is 25.0. The number of hydrogen-bond donors (Lipinski definition) is 0. The van der Waals surface area contributed by atoms with Gasteiger partial charge in [0.05, 0.1) is 9.52 Å². The molecular formula is C24H54N2O4Si3. The minimum Gasteiger partial charge on any atom is -0.397 e. The van der Waals surface area contributed by atoms with Crippen molar-refractivity contribution in [2.75, 3.05) is 66.8 Å². The van der Waals surface area contributed by atoms with Gasteiger partial charge in [0.15, 0.2) is 0 Å². The van der Waals surface area contributed by atoms with Crippen LogP contribution in [-0.4, -0.2) is 105 Å². The summed E-state index contributed by atoms with van der Waals surface area (Å²) < 4.78 is 23.4. The van der Waals surface area contributed by atoms with Gasteiger partial charge in [0.2, 0.25) is 0 Å². The van der Waals surface area contributed by atoms with Gasteiger partial charge in [0.1, 0.15) is 0 Å². The summed E-state index contributed by atoms with van der Waals surface area (Å²) in [6.45, 7) is 17.3. The Hall–Kier alpha value is 0.411. The van der Waals surface area contributed by atoms with Gasteiger partial charge in [0, 0.05) is 32.1 Å². The molecule has 0 aliphatic carbocycles. The largest absolute Gasteiger partial charge is 0.397 e. The van der Waals surface area contributed by atoms with Crippen LogP contribution in [0.4, 0.5) is 0 Å². The third kappa shape index (κ3) is 15.9. The molecule has 6 nitrogen and oxygen atoms in total. The molecule has 0 aromatic rings. The minimum absolute atomic E-state index is 0.167. The number of rotatable bonds is 24. The molecule has 196 valence electrons. The summed E-state index contributed by atoms with van der Waals surface area (Å²) in [5.41, 5.74) is 0. The second-order valence-electron chi connectivity index (χ2n) is 8.83. The lowest BCUT2D eigenvalue weighted by molar-refractivity contribution is 0.196. The average Bonchev–Trinajstić information content (AvgIpc) is 2.82. The van der Waals surface area contributed by atoms with Gasteiger partial charge in [-0.3, -0.25) is 0 Å². The van der Waals surface area contributed by atoms with Crippen LogP contribution in [0.1, 0.15) is 79.6 Å². The predicted molar refractivity (Wildman–Crippen MR) is 145 cm³/mol. The molecule has 0 amide bonds. The summed E-state index contributed by atoms with van der Waals surface area (Å²) in [6.07, 6.45) is 10.1. The molecule has 0 heterocycles. The Kier molecular flexibility index (Phi) is 21.9. The molecule has 0 spiro atoms. The van der Waals surface area contributed by atoms with E-state index in [1.165, 1.54) is 58.2 Å². The molecule has 0 rings (SSSR count). The quantitative estimate of drug-likeness (QED) is 0.136. The third-order valence-corrected chi connectivity index (χ3v) is 13.0. The first-order valence-electron chi connectivity index (χ1n) is 13.1. The lowest BCUT2D eigenvalue weighted by atomic mass is 10.1. The van der Waals surface area contributed by atoms with Crippen LogP contribution in [0, 0.1) is 0 Å². The van der Waals surface area contributed by atoms with E-state index in [0.29, 0.717) is 0 Å². The van der Waals surface area contributed by atoms with E-state index in [-0.39, 0.29) is 4.66 Å². The smallest absolute Gasteiger partial charge is 0.387 e. The molecule has 1 atom stereocenters. The summed E-state index contributed by atoms with van der Waals surface area (Å²) >= 11 is 0. The van der Waals surface area contributed by atoms with E-state index in [0.717, 1.165) is 47.9 Å². The Morgan fingerprint density at radius 3 is 1.91 bits per heavy atom. The Labute approximate surface area is 212 Å². The lowest BCUT2D eigenvalue weighted by Gasteiger charge is -2.35. The van der Waals surface area contributed by atoms with Crippen LogP contribution in [-0.2, 0) is 17.7 Å². The fourth-order valence-corrected chi connectivity index (χ4v) is 8.96. The van der Waals surface area contributed by atoms with Crippen molar-refractivity contribution in [1.29, 1.82) is 0 Å². The molecule has 0 N–H and O–H groups in total. The third-order valence-electron chi connectivity index (χ3n) is 6.16. The van der Waals surface area contributed by atoms with E-state index in [9.17, 15) is 0 Å². The van der Waals surface area contributed by atoms with Crippen molar-refractivity contribution in [2.45, 2.75) is 90.3 Å². The number of unbranched alkanes of at least 4 members (excludes halogenated alkanes) is 4. The Bertz CT molecular complexity index is 427. The maximum Gasteiger partial charge on any atom is 0.387 e. The summed E-state index contributed by atoms with van der Waals surface area (Å²) in [6, 6.07) is 1.03. The molecule has 1 unspecified atom stereocenters. The molecule has 0 bridgehead atoms. The van der Waals surface area contributed by atoms with Gasteiger partial charge >= 0.3 is 18.6 Å².